The molecule has 0 saturated heterocycles. The summed E-state index contributed by atoms with van der Waals surface area (Å²) in [6.07, 6.45) is 0. The lowest BCUT2D eigenvalue weighted by atomic mass is 10.2. The number of hydrogen-bond acceptors (Lipinski definition) is 2. The third-order valence-corrected chi connectivity index (χ3v) is 3.21. The Kier molecular flexibility index (Phi) is 5.18. The lowest BCUT2D eigenvalue weighted by Crippen LogP contribution is -2.34. The van der Waals surface area contributed by atoms with Crippen LogP contribution in [-0.2, 0) is 0 Å². The summed E-state index contributed by atoms with van der Waals surface area (Å²) >= 11 is 0. The van der Waals surface area contributed by atoms with Crippen LogP contribution < -0.4 is 10.2 Å². The van der Waals surface area contributed by atoms with Gasteiger partial charge in [-0.15, -0.1) is 0 Å². The minimum atomic E-state index is -0.0188. The van der Waals surface area contributed by atoms with Crippen molar-refractivity contribution < 1.29 is 4.79 Å². The quantitative estimate of drug-likeness (QED) is 0.873. The van der Waals surface area contributed by atoms with E-state index in [1.807, 2.05) is 48.5 Å². The van der Waals surface area contributed by atoms with Gasteiger partial charge in [-0.3, -0.25) is 4.79 Å². The van der Waals surface area contributed by atoms with Gasteiger partial charge in [0.05, 0.1) is 0 Å². The average molecular weight is 268 g/mol. The van der Waals surface area contributed by atoms with Gasteiger partial charge in [0.15, 0.2) is 0 Å². The molecule has 0 aliphatic carbocycles. The molecular formula is C17H20N2O. The highest BCUT2D eigenvalue weighted by Gasteiger charge is 2.06. The maximum absolute atomic E-state index is 11.9. The van der Waals surface area contributed by atoms with Gasteiger partial charge in [0.25, 0.3) is 5.91 Å². The van der Waals surface area contributed by atoms with Crippen molar-refractivity contribution in [2.45, 2.75) is 6.92 Å². The minimum absolute atomic E-state index is 0.0188. The van der Waals surface area contributed by atoms with E-state index < -0.39 is 0 Å². The molecule has 0 aliphatic heterocycles. The number of carbonyl (C=O) groups excluding carboxylic acids is 1. The molecular weight excluding hydrogens is 248 g/mol. The number of amides is 1. The number of carbonyl (C=O) groups is 1. The second-order valence-electron chi connectivity index (χ2n) is 4.54. The van der Waals surface area contributed by atoms with E-state index >= 15 is 0 Å². The van der Waals surface area contributed by atoms with Crippen LogP contribution in [0.4, 0.5) is 5.69 Å². The Morgan fingerprint density at radius 2 is 1.60 bits per heavy atom. The predicted molar refractivity (Wildman–Crippen MR) is 83.1 cm³/mol. The van der Waals surface area contributed by atoms with Gasteiger partial charge in [0.2, 0.25) is 0 Å². The van der Waals surface area contributed by atoms with Crippen molar-refractivity contribution in [3.63, 3.8) is 0 Å². The number of nitrogens with zero attached hydrogens (tertiary/aromatic N) is 1. The first-order valence-corrected chi connectivity index (χ1v) is 6.94. The number of para-hydroxylation sites is 1. The first-order chi connectivity index (χ1) is 9.81. The standard InChI is InChI=1S/C17H20N2O/c1-2-19(16-11-7-4-8-12-16)14-13-18-17(20)15-9-5-3-6-10-15/h3-12H,2,13-14H2,1H3,(H,18,20). The highest BCUT2D eigenvalue weighted by Crippen LogP contribution is 2.11. The topological polar surface area (TPSA) is 32.3 Å². The number of nitrogens with one attached hydrogen (secondary N) is 1. The molecule has 3 nitrogen and oxygen atoms in total. The van der Waals surface area contributed by atoms with Gasteiger partial charge in [0, 0.05) is 30.9 Å². The van der Waals surface area contributed by atoms with Crippen LogP contribution in [0.5, 0.6) is 0 Å². The molecule has 0 heterocycles. The highest BCUT2D eigenvalue weighted by molar-refractivity contribution is 5.94. The van der Waals surface area contributed by atoms with E-state index in [1.165, 1.54) is 5.69 Å². The maximum Gasteiger partial charge on any atom is 0.251 e. The molecule has 0 aromatic heterocycles. The van der Waals surface area contributed by atoms with Gasteiger partial charge in [-0.2, -0.15) is 0 Å². The molecule has 0 aliphatic rings. The van der Waals surface area contributed by atoms with Crippen LogP contribution >= 0.6 is 0 Å². The van der Waals surface area contributed by atoms with Gasteiger partial charge in [-0.1, -0.05) is 36.4 Å². The monoisotopic (exact) mass is 268 g/mol. The lowest BCUT2D eigenvalue weighted by Gasteiger charge is -2.23. The third-order valence-electron chi connectivity index (χ3n) is 3.21. The lowest BCUT2D eigenvalue weighted by molar-refractivity contribution is 0.0954. The summed E-state index contributed by atoms with van der Waals surface area (Å²) in [6.45, 7) is 4.48. The Bertz CT molecular complexity index is 525. The van der Waals surface area contributed by atoms with Gasteiger partial charge in [-0.05, 0) is 31.2 Å². The summed E-state index contributed by atoms with van der Waals surface area (Å²) in [6, 6.07) is 19.5. The molecule has 2 aromatic rings. The third kappa shape index (κ3) is 3.85. The first kappa shape index (κ1) is 14.1. The molecule has 2 aromatic carbocycles. The van der Waals surface area contributed by atoms with Crippen LogP contribution in [-0.4, -0.2) is 25.5 Å². The van der Waals surface area contributed by atoms with E-state index in [0.29, 0.717) is 12.1 Å². The Hall–Kier alpha value is -2.29. The summed E-state index contributed by atoms with van der Waals surface area (Å²) in [5.74, 6) is -0.0188. The molecule has 0 spiro atoms. The normalized spacial score (nSPS) is 10.1. The van der Waals surface area contributed by atoms with Crippen molar-refractivity contribution >= 4 is 11.6 Å². The Morgan fingerprint density at radius 3 is 2.20 bits per heavy atom. The summed E-state index contributed by atoms with van der Waals surface area (Å²) < 4.78 is 0. The van der Waals surface area contributed by atoms with E-state index in [9.17, 15) is 4.79 Å². The average Bonchev–Trinajstić information content (AvgIpc) is 2.53. The Labute approximate surface area is 120 Å². The summed E-state index contributed by atoms with van der Waals surface area (Å²) in [7, 11) is 0. The number of hydrogen-bond donors (Lipinski definition) is 1. The van der Waals surface area contributed by atoms with E-state index in [0.717, 1.165) is 13.1 Å². The van der Waals surface area contributed by atoms with E-state index in [2.05, 4.69) is 29.3 Å². The zero-order valence-corrected chi connectivity index (χ0v) is 11.8. The zero-order valence-electron chi connectivity index (χ0n) is 11.8. The van der Waals surface area contributed by atoms with E-state index in [-0.39, 0.29) is 5.91 Å². The predicted octanol–water partition coefficient (Wildman–Crippen LogP) is 2.94. The molecule has 1 N–H and O–H groups in total. The summed E-state index contributed by atoms with van der Waals surface area (Å²) in [4.78, 5) is 14.2. The molecule has 0 atom stereocenters. The fourth-order valence-electron chi connectivity index (χ4n) is 2.10. The molecule has 0 radical (unpaired) electrons. The van der Waals surface area contributed by atoms with Crippen molar-refractivity contribution in [3.8, 4) is 0 Å². The van der Waals surface area contributed by atoms with Crippen molar-refractivity contribution in [3.05, 3.63) is 66.2 Å². The van der Waals surface area contributed by atoms with Crippen molar-refractivity contribution in [2.24, 2.45) is 0 Å². The van der Waals surface area contributed by atoms with Crippen molar-refractivity contribution in [1.29, 1.82) is 0 Å². The van der Waals surface area contributed by atoms with Crippen LogP contribution in [0.3, 0.4) is 0 Å². The van der Waals surface area contributed by atoms with Gasteiger partial charge in [0.1, 0.15) is 0 Å². The van der Waals surface area contributed by atoms with Crippen LogP contribution in [0.2, 0.25) is 0 Å². The van der Waals surface area contributed by atoms with Gasteiger partial charge in [-0.25, -0.2) is 0 Å². The highest BCUT2D eigenvalue weighted by atomic mass is 16.1. The largest absolute Gasteiger partial charge is 0.370 e. The molecule has 0 fully saturated rings. The zero-order chi connectivity index (χ0) is 14.2. The van der Waals surface area contributed by atoms with Crippen molar-refractivity contribution in [2.75, 3.05) is 24.5 Å². The molecule has 0 saturated carbocycles. The Morgan fingerprint density at radius 1 is 1.00 bits per heavy atom. The molecule has 1 amide bonds. The number of rotatable bonds is 6. The molecule has 3 heteroatoms. The summed E-state index contributed by atoms with van der Waals surface area (Å²) in [5.41, 5.74) is 1.89. The van der Waals surface area contributed by atoms with Crippen LogP contribution in [0.15, 0.2) is 60.7 Å². The second kappa shape index (κ2) is 7.34. The number of anilines is 1. The number of likely N-dealkylation sites (N-methyl/N-ethyl adjacent to an activating group) is 1. The smallest absolute Gasteiger partial charge is 0.251 e. The van der Waals surface area contributed by atoms with Crippen molar-refractivity contribution in [1.82, 2.24) is 5.32 Å². The van der Waals surface area contributed by atoms with Crippen LogP contribution in [0, 0.1) is 0 Å². The summed E-state index contributed by atoms with van der Waals surface area (Å²) in [5, 5.41) is 2.95. The molecule has 0 unspecified atom stereocenters. The Balaban J connectivity index is 1.84. The molecule has 20 heavy (non-hydrogen) atoms. The van der Waals surface area contributed by atoms with E-state index in [1.54, 1.807) is 0 Å². The van der Waals surface area contributed by atoms with Crippen LogP contribution in [0.1, 0.15) is 17.3 Å². The molecule has 2 rings (SSSR count). The minimum Gasteiger partial charge on any atom is -0.370 e. The maximum atomic E-state index is 11.9. The second-order valence-corrected chi connectivity index (χ2v) is 4.54. The fourth-order valence-corrected chi connectivity index (χ4v) is 2.10. The SMILES string of the molecule is CCN(CCNC(=O)c1ccccc1)c1ccccc1. The van der Waals surface area contributed by atoms with E-state index in [4.69, 9.17) is 0 Å². The van der Waals surface area contributed by atoms with Crippen LogP contribution in [0.25, 0.3) is 0 Å². The number of benzene rings is 2. The van der Waals surface area contributed by atoms with Gasteiger partial charge >= 0.3 is 0 Å². The van der Waals surface area contributed by atoms with Gasteiger partial charge < -0.3 is 10.2 Å². The first-order valence-electron chi connectivity index (χ1n) is 6.94. The molecule has 0 bridgehead atoms. The molecule has 104 valence electrons. The fraction of sp³-hybridized carbons (Fsp3) is 0.235.